The molecular weight excluding hydrogens is 332 g/mol. The molecule has 6 nitrogen and oxygen atoms in total. The molecule has 0 amide bonds. The van der Waals surface area contributed by atoms with Crippen molar-refractivity contribution < 1.29 is 27.2 Å². The number of epoxide rings is 1. The van der Waals surface area contributed by atoms with E-state index in [0.717, 1.165) is 32.3 Å². The van der Waals surface area contributed by atoms with Gasteiger partial charge in [0.2, 0.25) is 0 Å². The Morgan fingerprint density at radius 1 is 1.33 bits per heavy atom. The Hall–Kier alpha value is -0.730. The van der Waals surface area contributed by atoms with Crippen molar-refractivity contribution in [2.75, 3.05) is 32.2 Å². The molecule has 4 bridgehead atoms. The summed E-state index contributed by atoms with van der Waals surface area (Å²) >= 11 is 0. The van der Waals surface area contributed by atoms with Crippen molar-refractivity contribution >= 4 is 10.1 Å². The minimum Gasteiger partial charge on any atom is -0.380 e. The molecular formula is C17H24O6S. The lowest BCUT2D eigenvalue weighted by Gasteiger charge is -2.37. The number of ether oxygens (including phenoxy) is 3. The lowest BCUT2D eigenvalue weighted by atomic mass is 9.78. The van der Waals surface area contributed by atoms with Crippen LogP contribution in [0.1, 0.15) is 25.7 Å². The zero-order chi connectivity index (χ0) is 16.8. The van der Waals surface area contributed by atoms with Crippen molar-refractivity contribution in [3.63, 3.8) is 0 Å². The van der Waals surface area contributed by atoms with Crippen LogP contribution >= 0.6 is 0 Å². The van der Waals surface area contributed by atoms with Gasteiger partial charge in [-0.3, -0.25) is 4.55 Å². The van der Waals surface area contributed by atoms with Gasteiger partial charge in [0.1, 0.15) is 6.10 Å². The maximum absolute atomic E-state index is 10.8. The highest BCUT2D eigenvalue weighted by Gasteiger charge is 2.46. The van der Waals surface area contributed by atoms with Gasteiger partial charge in [0.25, 0.3) is 10.1 Å². The average Bonchev–Trinajstić information content (AvgIpc) is 3.31. The van der Waals surface area contributed by atoms with E-state index >= 15 is 0 Å². The van der Waals surface area contributed by atoms with Crippen LogP contribution in [-0.4, -0.2) is 56.9 Å². The maximum atomic E-state index is 10.8. The van der Waals surface area contributed by atoms with Gasteiger partial charge in [0, 0.05) is 6.42 Å². The molecule has 5 rings (SSSR count). The van der Waals surface area contributed by atoms with Crippen molar-refractivity contribution in [3.05, 3.63) is 23.3 Å². The van der Waals surface area contributed by atoms with E-state index in [1.54, 1.807) is 0 Å². The second-order valence-electron chi connectivity index (χ2n) is 7.54. The minimum absolute atomic E-state index is 0.0328. The van der Waals surface area contributed by atoms with Crippen molar-refractivity contribution in [3.8, 4) is 0 Å². The van der Waals surface area contributed by atoms with Gasteiger partial charge in [-0.15, -0.1) is 0 Å². The quantitative estimate of drug-likeness (QED) is 0.405. The Morgan fingerprint density at radius 2 is 2.17 bits per heavy atom. The van der Waals surface area contributed by atoms with Crippen molar-refractivity contribution in [2.45, 2.75) is 37.4 Å². The van der Waals surface area contributed by atoms with Gasteiger partial charge < -0.3 is 14.2 Å². The van der Waals surface area contributed by atoms with Gasteiger partial charge >= 0.3 is 0 Å². The lowest BCUT2D eigenvalue weighted by molar-refractivity contribution is -0.0704. The van der Waals surface area contributed by atoms with Gasteiger partial charge in [0.05, 0.1) is 37.8 Å². The van der Waals surface area contributed by atoms with Crippen molar-refractivity contribution in [1.29, 1.82) is 0 Å². The summed E-state index contributed by atoms with van der Waals surface area (Å²) in [5, 5.41) is 0. The topological polar surface area (TPSA) is 85.4 Å². The molecule has 1 aliphatic heterocycles. The molecule has 4 aliphatic carbocycles. The third-order valence-electron chi connectivity index (χ3n) is 5.43. The van der Waals surface area contributed by atoms with Gasteiger partial charge in [-0.2, -0.15) is 8.42 Å². The third kappa shape index (κ3) is 3.91. The number of allylic oxidation sites excluding steroid dienone is 2. The van der Waals surface area contributed by atoms with E-state index in [9.17, 15) is 8.42 Å². The van der Waals surface area contributed by atoms with Crippen molar-refractivity contribution in [2.24, 2.45) is 11.8 Å². The first-order valence-electron chi connectivity index (χ1n) is 8.59. The first-order valence-corrected chi connectivity index (χ1v) is 10.2. The zero-order valence-electron chi connectivity index (χ0n) is 13.6. The summed E-state index contributed by atoms with van der Waals surface area (Å²) in [6.45, 7) is 1.99. The number of hydrogen-bond donors (Lipinski definition) is 1. The third-order valence-corrected chi connectivity index (χ3v) is 6.11. The predicted molar refractivity (Wildman–Crippen MR) is 87.3 cm³/mol. The van der Waals surface area contributed by atoms with Gasteiger partial charge in [0.15, 0.2) is 0 Å². The summed E-state index contributed by atoms with van der Waals surface area (Å²) in [5.74, 6) is 0.406. The molecule has 1 N–H and O–H groups in total. The Kier molecular flexibility index (Phi) is 4.33. The first kappa shape index (κ1) is 16.7. The summed E-state index contributed by atoms with van der Waals surface area (Å²) in [6.07, 6.45) is 8.81. The molecule has 7 heteroatoms. The van der Waals surface area contributed by atoms with Crippen LogP contribution in [-0.2, 0) is 24.3 Å². The summed E-state index contributed by atoms with van der Waals surface area (Å²) in [6, 6.07) is 0. The van der Waals surface area contributed by atoms with Gasteiger partial charge in [-0.25, -0.2) is 0 Å². The second-order valence-corrected chi connectivity index (χ2v) is 9.11. The summed E-state index contributed by atoms with van der Waals surface area (Å²) in [7, 11) is -3.96. The number of hydrogen-bond acceptors (Lipinski definition) is 5. The molecule has 0 aromatic carbocycles. The van der Waals surface area contributed by atoms with E-state index < -0.39 is 10.1 Å². The minimum atomic E-state index is -3.96. The highest BCUT2D eigenvalue weighted by molar-refractivity contribution is 7.85. The van der Waals surface area contributed by atoms with E-state index in [1.807, 2.05) is 0 Å². The van der Waals surface area contributed by atoms with E-state index in [1.165, 1.54) is 11.1 Å². The van der Waals surface area contributed by atoms with Crippen LogP contribution < -0.4 is 0 Å². The van der Waals surface area contributed by atoms with Crippen LogP contribution in [0, 0.1) is 11.8 Å². The molecule has 1 heterocycles. The molecule has 4 unspecified atom stereocenters. The first-order chi connectivity index (χ1) is 11.4. The van der Waals surface area contributed by atoms with Crippen LogP contribution in [0.2, 0.25) is 0 Å². The molecule has 0 aromatic rings. The zero-order valence-corrected chi connectivity index (χ0v) is 14.5. The highest BCUT2D eigenvalue weighted by atomic mass is 32.2. The van der Waals surface area contributed by atoms with E-state index in [4.69, 9.17) is 18.8 Å². The average molecular weight is 356 g/mol. The molecule has 4 atom stereocenters. The van der Waals surface area contributed by atoms with Crippen LogP contribution in [0.5, 0.6) is 0 Å². The van der Waals surface area contributed by atoms with Gasteiger partial charge in [-0.05, 0) is 36.7 Å². The summed E-state index contributed by atoms with van der Waals surface area (Å²) in [4.78, 5) is 0. The summed E-state index contributed by atoms with van der Waals surface area (Å²) < 4.78 is 47.6. The number of fused-ring (bicyclic) bond motifs is 1. The molecule has 1 saturated carbocycles. The monoisotopic (exact) mass is 356 g/mol. The SMILES string of the molecule is O=S(=O)(O)CCOCC1CC2(OCC3CO3)CC3=CC1CC(=C3)C2. The molecule has 24 heavy (non-hydrogen) atoms. The Morgan fingerprint density at radius 3 is 2.88 bits per heavy atom. The van der Waals surface area contributed by atoms with Crippen LogP contribution in [0.3, 0.4) is 0 Å². The van der Waals surface area contributed by atoms with Crippen LogP contribution in [0.15, 0.2) is 23.3 Å². The lowest BCUT2D eigenvalue weighted by Crippen LogP contribution is -2.38. The van der Waals surface area contributed by atoms with E-state index in [-0.39, 0.29) is 24.1 Å². The van der Waals surface area contributed by atoms with Crippen LogP contribution in [0.25, 0.3) is 0 Å². The molecule has 1 saturated heterocycles. The predicted octanol–water partition coefficient (Wildman–Crippen LogP) is 1.73. The van der Waals surface area contributed by atoms with Gasteiger partial charge in [-0.1, -0.05) is 17.7 Å². The fraction of sp³-hybridized carbons (Fsp3) is 0.765. The fourth-order valence-corrected chi connectivity index (χ4v) is 4.67. The molecule has 5 aliphatic rings. The largest absolute Gasteiger partial charge is 0.380 e. The van der Waals surface area contributed by atoms with Crippen molar-refractivity contribution in [1.82, 2.24) is 0 Å². The standard InChI is InChI=1S/C17H24O6S/c18-24(19,20)2-1-21-9-15-8-17(23-11-16-10-22-16)6-12-3-13(7-17)5-14(15)4-12/h3-4,14-16H,1-2,5-11H2,(H,18,19,20). The fourth-order valence-electron chi connectivity index (χ4n) is 4.34. The Balaban J connectivity index is 1.41. The second kappa shape index (κ2) is 6.21. The van der Waals surface area contributed by atoms with E-state index in [0.29, 0.717) is 25.0 Å². The van der Waals surface area contributed by atoms with Crippen LogP contribution in [0.4, 0.5) is 0 Å². The highest BCUT2D eigenvalue weighted by Crippen LogP contribution is 2.51. The number of rotatable bonds is 8. The Bertz CT molecular complexity index is 663. The summed E-state index contributed by atoms with van der Waals surface area (Å²) in [5.41, 5.74) is 2.66. The maximum Gasteiger partial charge on any atom is 0.267 e. The Labute approximate surface area is 142 Å². The normalized spacial score (nSPS) is 37.1. The molecule has 0 aromatic heterocycles. The molecule has 2 fully saturated rings. The molecule has 134 valence electrons. The van der Waals surface area contributed by atoms with E-state index in [2.05, 4.69) is 12.2 Å². The smallest absolute Gasteiger partial charge is 0.267 e. The molecule has 0 radical (unpaired) electrons. The molecule has 0 spiro atoms.